The molecule has 1 aliphatic carbocycles. The first-order valence-electron chi connectivity index (χ1n) is 5.83. The number of halogens is 1. The van der Waals surface area contributed by atoms with Gasteiger partial charge in [0.05, 0.1) is 13.2 Å². The van der Waals surface area contributed by atoms with Gasteiger partial charge in [-0.05, 0) is 11.8 Å². The Labute approximate surface area is 108 Å². The third-order valence-corrected chi connectivity index (χ3v) is 6.12. The van der Waals surface area contributed by atoms with E-state index in [0.29, 0.717) is 32.7 Å². The molecule has 2 atom stereocenters. The predicted octanol–water partition coefficient (Wildman–Crippen LogP) is 0.559. The number of hydrogen-bond acceptors (Lipinski definition) is 3. The lowest BCUT2D eigenvalue weighted by molar-refractivity contribution is 0.0703. The summed E-state index contributed by atoms with van der Waals surface area (Å²) in [5, 5.41) is 0.0416. The molecular formula is C10H19ClN2O3S. The summed E-state index contributed by atoms with van der Waals surface area (Å²) in [5.74, 6) is 0. The van der Waals surface area contributed by atoms with Gasteiger partial charge in [-0.1, -0.05) is 13.8 Å². The number of morpholine rings is 1. The van der Waals surface area contributed by atoms with Crippen molar-refractivity contribution in [2.24, 2.45) is 5.41 Å². The molecule has 0 spiro atoms. The summed E-state index contributed by atoms with van der Waals surface area (Å²) in [6.45, 7) is 5.75. The molecule has 2 rings (SSSR count). The van der Waals surface area contributed by atoms with Gasteiger partial charge in [-0.25, -0.2) is 0 Å². The highest BCUT2D eigenvalue weighted by Gasteiger charge is 2.49. The Balaban J connectivity index is 1.98. The SMILES string of the molecule is CC1(C)C(Cl)CC1NS(=O)(=O)N1CCOCC1. The normalized spacial score (nSPS) is 34.3. The quantitative estimate of drug-likeness (QED) is 0.770. The Hall–Kier alpha value is 0.120. The average Bonchev–Trinajstić information content (AvgIpc) is 2.30. The third-order valence-electron chi connectivity index (χ3n) is 3.75. The fourth-order valence-electron chi connectivity index (χ4n) is 2.11. The molecular weight excluding hydrogens is 264 g/mol. The van der Waals surface area contributed by atoms with Crippen LogP contribution in [0.25, 0.3) is 0 Å². The van der Waals surface area contributed by atoms with Crippen LogP contribution in [0.2, 0.25) is 0 Å². The van der Waals surface area contributed by atoms with Crippen molar-refractivity contribution in [2.45, 2.75) is 31.7 Å². The molecule has 7 heteroatoms. The standard InChI is InChI=1S/C10H19ClN2O3S/c1-10(2)8(11)7-9(10)12-17(14,15)13-3-5-16-6-4-13/h8-9,12H,3-7H2,1-2H3. The molecule has 2 aliphatic rings. The summed E-state index contributed by atoms with van der Waals surface area (Å²) in [5.41, 5.74) is -0.180. The van der Waals surface area contributed by atoms with Crippen LogP contribution in [0.1, 0.15) is 20.3 Å². The van der Waals surface area contributed by atoms with Crippen LogP contribution >= 0.6 is 11.6 Å². The summed E-state index contributed by atoms with van der Waals surface area (Å²) >= 11 is 6.08. The van der Waals surface area contributed by atoms with Crippen LogP contribution in [0.5, 0.6) is 0 Å². The number of rotatable bonds is 3. The van der Waals surface area contributed by atoms with Crippen LogP contribution in [0.4, 0.5) is 0 Å². The summed E-state index contributed by atoms with van der Waals surface area (Å²) in [6, 6.07) is -0.0714. The Morgan fingerprint density at radius 1 is 1.35 bits per heavy atom. The molecule has 1 N–H and O–H groups in total. The number of alkyl halides is 1. The molecule has 100 valence electrons. The van der Waals surface area contributed by atoms with Gasteiger partial charge in [0.2, 0.25) is 0 Å². The molecule has 0 amide bonds. The van der Waals surface area contributed by atoms with Crippen molar-refractivity contribution in [1.29, 1.82) is 0 Å². The summed E-state index contributed by atoms with van der Waals surface area (Å²) in [4.78, 5) is 0. The maximum absolute atomic E-state index is 12.1. The van der Waals surface area contributed by atoms with E-state index in [2.05, 4.69) is 4.72 Å². The van der Waals surface area contributed by atoms with Crippen molar-refractivity contribution in [2.75, 3.05) is 26.3 Å². The van der Waals surface area contributed by atoms with E-state index < -0.39 is 10.2 Å². The molecule has 17 heavy (non-hydrogen) atoms. The van der Waals surface area contributed by atoms with E-state index in [9.17, 15) is 8.42 Å². The van der Waals surface area contributed by atoms with E-state index in [4.69, 9.17) is 16.3 Å². The molecule has 0 radical (unpaired) electrons. The smallest absolute Gasteiger partial charge is 0.279 e. The first-order chi connectivity index (χ1) is 7.84. The molecule has 0 aromatic rings. The number of ether oxygens (including phenoxy) is 1. The van der Waals surface area contributed by atoms with Crippen LogP contribution in [0.3, 0.4) is 0 Å². The zero-order valence-corrected chi connectivity index (χ0v) is 11.7. The molecule has 1 heterocycles. The zero-order valence-electron chi connectivity index (χ0n) is 10.1. The molecule has 1 saturated heterocycles. The minimum atomic E-state index is -3.39. The molecule has 0 aromatic carbocycles. The lowest BCUT2D eigenvalue weighted by atomic mass is 9.67. The third kappa shape index (κ3) is 2.61. The van der Waals surface area contributed by atoms with E-state index in [0.717, 1.165) is 0 Å². The van der Waals surface area contributed by atoms with Gasteiger partial charge in [-0.3, -0.25) is 0 Å². The van der Waals surface area contributed by atoms with Crippen LogP contribution in [-0.4, -0.2) is 50.4 Å². The van der Waals surface area contributed by atoms with Crippen molar-refractivity contribution < 1.29 is 13.2 Å². The fourth-order valence-corrected chi connectivity index (χ4v) is 3.98. The van der Waals surface area contributed by atoms with Gasteiger partial charge in [0.25, 0.3) is 10.2 Å². The zero-order chi connectivity index (χ0) is 12.7. The van der Waals surface area contributed by atoms with Gasteiger partial charge in [-0.2, -0.15) is 17.4 Å². The van der Waals surface area contributed by atoms with Gasteiger partial charge in [0.1, 0.15) is 0 Å². The van der Waals surface area contributed by atoms with Crippen LogP contribution in [-0.2, 0) is 14.9 Å². The Bertz CT molecular complexity index is 379. The van der Waals surface area contributed by atoms with Gasteiger partial charge < -0.3 is 4.74 Å². The minimum Gasteiger partial charge on any atom is -0.379 e. The lowest BCUT2D eigenvalue weighted by Gasteiger charge is -2.49. The molecule has 0 bridgehead atoms. The summed E-state index contributed by atoms with van der Waals surface area (Å²) < 4.78 is 33.5. The molecule has 2 unspecified atom stereocenters. The highest BCUT2D eigenvalue weighted by Crippen LogP contribution is 2.44. The van der Waals surface area contributed by atoms with E-state index in [1.165, 1.54) is 4.31 Å². The number of nitrogens with zero attached hydrogens (tertiary/aromatic N) is 1. The van der Waals surface area contributed by atoms with Crippen molar-refractivity contribution in [3.63, 3.8) is 0 Å². The molecule has 0 aromatic heterocycles. The maximum atomic E-state index is 12.1. The average molecular weight is 283 g/mol. The second-order valence-corrected chi connectivity index (χ2v) is 7.44. The summed E-state index contributed by atoms with van der Waals surface area (Å²) in [7, 11) is -3.39. The van der Waals surface area contributed by atoms with Crippen LogP contribution in [0, 0.1) is 5.41 Å². The van der Waals surface area contributed by atoms with Gasteiger partial charge in [-0.15, -0.1) is 11.6 Å². The first kappa shape index (κ1) is 13.5. The molecule has 5 nitrogen and oxygen atoms in total. The minimum absolute atomic E-state index is 0.0416. The van der Waals surface area contributed by atoms with Crippen LogP contribution in [0.15, 0.2) is 0 Å². The topological polar surface area (TPSA) is 58.6 Å². The monoisotopic (exact) mass is 282 g/mol. The first-order valence-corrected chi connectivity index (χ1v) is 7.71. The summed E-state index contributed by atoms with van der Waals surface area (Å²) in [6.07, 6.45) is 0.693. The lowest BCUT2D eigenvalue weighted by Crippen LogP contribution is -2.61. The highest BCUT2D eigenvalue weighted by molar-refractivity contribution is 7.87. The second-order valence-electron chi connectivity index (χ2n) is 5.21. The molecule has 2 fully saturated rings. The number of nitrogens with one attached hydrogen (secondary N) is 1. The van der Waals surface area contributed by atoms with Crippen molar-refractivity contribution in [3.05, 3.63) is 0 Å². The Morgan fingerprint density at radius 3 is 2.41 bits per heavy atom. The van der Waals surface area contributed by atoms with Gasteiger partial charge in [0.15, 0.2) is 0 Å². The maximum Gasteiger partial charge on any atom is 0.279 e. The van der Waals surface area contributed by atoms with Crippen LogP contribution < -0.4 is 4.72 Å². The highest BCUT2D eigenvalue weighted by atomic mass is 35.5. The molecule has 1 saturated carbocycles. The number of hydrogen-bond donors (Lipinski definition) is 1. The van der Waals surface area contributed by atoms with Gasteiger partial charge >= 0.3 is 0 Å². The van der Waals surface area contributed by atoms with E-state index >= 15 is 0 Å². The Kier molecular flexibility index (Phi) is 3.71. The van der Waals surface area contributed by atoms with E-state index in [1.807, 2.05) is 13.8 Å². The van der Waals surface area contributed by atoms with Crippen molar-refractivity contribution in [1.82, 2.24) is 9.03 Å². The Morgan fingerprint density at radius 2 is 1.94 bits per heavy atom. The largest absolute Gasteiger partial charge is 0.379 e. The van der Waals surface area contributed by atoms with Gasteiger partial charge in [0, 0.05) is 24.5 Å². The predicted molar refractivity (Wildman–Crippen MR) is 66.3 cm³/mol. The molecule has 1 aliphatic heterocycles. The van der Waals surface area contributed by atoms with Crippen molar-refractivity contribution >= 4 is 21.8 Å². The fraction of sp³-hybridized carbons (Fsp3) is 1.00. The van der Waals surface area contributed by atoms with Crippen molar-refractivity contribution in [3.8, 4) is 0 Å². The van der Waals surface area contributed by atoms with E-state index in [-0.39, 0.29) is 16.8 Å². The second kappa shape index (κ2) is 4.66. The van der Waals surface area contributed by atoms with E-state index in [1.54, 1.807) is 0 Å².